The molecule has 2 N–H and O–H groups in total. The topological polar surface area (TPSA) is 58.2 Å². The minimum absolute atomic E-state index is 0.00259. The van der Waals surface area contributed by atoms with E-state index in [9.17, 15) is 9.59 Å². The van der Waals surface area contributed by atoms with E-state index in [1.165, 1.54) is 6.92 Å². The van der Waals surface area contributed by atoms with Crippen LogP contribution in [0.1, 0.15) is 30.1 Å². The summed E-state index contributed by atoms with van der Waals surface area (Å²) in [5.41, 5.74) is 1.28. The van der Waals surface area contributed by atoms with E-state index in [0.29, 0.717) is 23.8 Å². The molecule has 1 amide bonds. The van der Waals surface area contributed by atoms with Gasteiger partial charge < -0.3 is 10.6 Å². The Balaban J connectivity index is 1.90. The molecule has 0 radical (unpaired) electrons. The van der Waals surface area contributed by atoms with Gasteiger partial charge in [-0.05, 0) is 31.9 Å². The maximum atomic E-state index is 11.6. The van der Waals surface area contributed by atoms with Gasteiger partial charge in [-0.15, -0.1) is 0 Å². The predicted molar refractivity (Wildman–Crippen MR) is 66.1 cm³/mol. The van der Waals surface area contributed by atoms with Gasteiger partial charge in [0.25, 0.3) is 0 Å². The lowest BCUT2D eigenvalue weighted by Gasteiger charge is -2.06. The number of carbonyl (C=O) groups excluding carboxylic acids is 2. The molecule has 1 aromatic rings. The molecule has 0 aliphatic heterocycles. The maximum absolute atomic E-state index is 11.6. The highest BCUT2D eigenvalue weighted by molar-refractivity contribution is 5.97. The van der Waals surface area contributed by atoms with Gasteiger partial charge in [-0.2, -0.15) is 0 Å². The molecule has 0 aromatic heterocycles. The van der Waals surface area contributed by atoms with Crippen molar-refractivity contribution in [3.63, 3.8) is 0 Å². The number of benzene rings is 1. The van der Waals surface area contributed by atoms with Gasteiger partial charge in [0, 0.05) is 17.3 Å². The number of amides is 1. The Kier molecular flexibility index (Phi) is 3.54. The number of anilines is 1. The molecule has 0 unspecified atom stereocenters. The van der Waals surface area contributed by atoms with Crippen LogP contribution in [0.4, 0.5) is 5.69 Å². The summed E-state index contributed by atoms with van der Waals surface area (Å²) in [7, 11) is 0. The third kappa shape index (κ3) is 3.67. The number of hydrogen-bond donors (Lipinski definition) is 2. The van der Waals surface area contributed by atoms with E-state index in [1.54, 1.807) is 24.3 Å². The highest BCUT2D eigenvalue weighted by Crippen LogP contribution is 2.18. The van der Waals surface area contributed by atoms with E-state index in [-0.39, 0.29) is 11.7 Å². The number of nitrogens with one attached hydrogen (secondary N) is 2. The summed E-state index contributed by atoms with van der Waals surface area (Å²) in [6.07, 6.45) is 2.32. The van der Waals surface area contributed by atoms with Crippen LogP contribution >= 0.6 is 0 Å². The molecule has 4 heteroatoms. The lowest BCUT2D eigenvalue weighted by molar-refractivity contribution is -0.115. The van der Waals surface area contributed by atoms with Crippen molar-refractivity contribution in [1.82, 2.24) is 5.32 Å². The molecule has 1 fully saturated rings. The first kappa shape index (κ1) is 11.8. The van der Waals surface area contributed by atoms with E-state index in [1.807, 2.05) is 0 Å². The van der Waals surface area contributed by atoms with Crippen LogP contribution in [0, 0.1) is 0 Å². The molecule has 1 aliphatic carbocycles. The smallest absolute Gasteiger partial charge is 0.238 e. The second-order valence-electron chi connectivity index (χ2n) is 4.34. The molecular formula is C13H16N2O2. The average molecular weight is 232 g/mol. The van der Waals surface area contributed by atoms with E-state index in [2.05, 4.69) is 10.6 Å². The Bertz CT molecular complexity index is 439. The normalized spacial score (nSPS) is 14.4. The minimum Gasteiger partial charge on any atom is -0.325 e. The van der Waals surface area contributed by atoms with Crippen LogP contribution in [0.15, 0.2) is 24.3 Å². The number of hydrogen-bond acceptors (Lipinski definition) is 3. The highest BCUT2D eigenvalue weighted by atomic mass is 16.2. The van der Waals surface area contributed by atoms with Crippen LogP contribution in [0.25, 0.3) is 0 Å². The van der Waals surface area contributed by atoms with Crippen LogP contribution in [-0.2, 0) is 4.79 Å². The summed E-state index contributed by atoms with van der Waals surface area (Å²) in [4.78, 5) is 22.7. The van der Waals surface area contributed by atoms with Crippen molar-refractivity contribution in [2.24, 2.45) is 0 Å². The van der Waals surface area contributed by atoms with Crippen LogP contribution in [0.5, 0.6) is 0 Å². The second kappa shape index (κ2) is 5.10. The molecular weight excluding hydrogens is 216 g/mol. The summed E-state index contributed by atoms with van der Waals surface area (Å²) < 4.78 is 0. The summed E-state index contributed by atoms with van der Waals surface area (Å²) in [5, 5.41) is 5.90. The number of carbonyl (C=O) groups is 2. The maximum Gasteiger partial charge on any atom is 0.238 e. The van der Waals surface area contributed by atoms with E-state index < -0.39 is 0 Å². The molecule has 0 atom stereocenters. The molecule has 17 heavy (non-hydrogen) atoms. The zero-order valence-electron chi connectivity index (χ0n) is 9.82. The summed E-state index contributed by atoms with van der Waals surface area (Å²) >= 11 is 0. The average Bonchev–Trinajstić information content (AvgIpc) is 3.10. The highest BCUT2D eigenvalue weighted by Gasteiger charge is 2.21. The van der Waals surface area contributed by atoms with Crippen molar-refractivity contribution in [3.8, 4) is 0 Å². The van der Waals surface area contributed by atoms with Crippen molar-refractivity contribution in [1.29, 1.82) is 0 Å². The predicted octanol–water partition coefficient (Wildman–Crippen LogP) is 1.58. The summed E-state index contributed by atoms with van der Waals surface area (Å²) in [6, 6.07) is 7.49. The van der Waals surface area contributed by atoms with Gasteiger partial charge in [0.2, 0.25) is 5.91 Å². The largest absolute Gasteiger partial charge is 0.325 e. The van der Waals surface area contributed by atoms with Gasteiger partial charge in [0.05, 0.1) is 6.54 Å². The van der Waals surface area contributed by atoms with Crippen molar-refractivity contribution < 1.29 is 9.59 Å². The number of Topliss-reactive ketones (excluding diaryl/α,β-unsaturated/α-hetero) is 1. The quantitative estimate of drug-likeness (QED) is 0.758. The molecule has 4 nitrogen and oxygen atoms in total. The fraction of sp³-hybridized carbons (Fsp3) is 0.385. The Morgan fingerprint density at radius 2 is 2.12 bits per heavy atom. The number of ketones is 1. The van der Waals surface area contributed by atoms with Crippen LogP contribution in [-0.4, -0.2) is 24.3 Å². The van der Waals surface area contributed by atoms with E-state index in [0.717, 1.165) is 12.8 Å². The Labute approximate surface area is 100 Å². The van der Waals surface area contributed by atoms with Gasteiger partial charge in [-0.1, -0.05) is 12.1 Å². The fourth-order valence-corrected chi connectivity index (χ4v) is 1.55. The van der Waals surface area contributed by atoms with Crippen molar-refractivity contribution in [2.75, 3.05) is 11.9 Å². The van der Waals surface area contributed by atoms with Crippen molar-refractivity contribution >= 4 is 17.4 Å². The van der Waals surface area contributed by atoms with Gasteiger partial charge in [0.1, 0.15) is 0 Å². The number of rotatable bonds is 5. The van der Waals surface area contributed by atoms with Crippen molar-refractivity contribution in [2.45, 2.75) is 25.8 Å². The first-order chi connectivity index (χ1) is 8.15. The monoisotopic (exact) mass is 232 g/mol. The molecule has 0 bridgehead atoms. The summed E-state index contributed by atoms with van der Waals surface area (Å²) in [5.74, 6) is -0.0743. The van der Waals surface area contributed by atoms with Crippen LogP contribution in [0.2, 0.25) is 0 Å². The lowest BCUT2D eigenvalue weighted by Crippen LogP contribution is -2.29. The van der Waals surface area contributed by atoms with Gasteiger partial charge in [-0.25, -0.2) is 0 Å². The van der Waals surface area contributed by atoms with Crippen LogP contribution in [0.3, 0.4) is 0 Å². The lowest BCUT2D eigenvalue weighted by atomic mass is 10.1. The Morgan fingerprint density at radius 3 is 2.76 bits per heavy atom. The zero-order valence-corrected chi connectivity index (χ0v) is 9.82. The SMILES string of the molecule is CC(=O)c1cccc(NC(=O)CNC2CC2)c1. The molecule has 90 valence electrons. The molecule has 0 heterocycles. The standard InChI is InChI=1S/C13H16N2O2/c1-9(16)10-3-2-4-12(7-10)15-13(17)8-14-11-5-6-11/h2-4,7,11,14H,5-6,8H2,1H3,(H,15,17). The van der Waals surface area contributed by atoms with Gasteiger partial charge >= 0.3 is 0 Å². The van der Waals surface area contributed by atoms with Crippen LogP contribution < -0.4 is 10.6 Å². The Hall–Kier alpha value is -1.68. The molecule has 0 spiro atoms. The van der Waals surface area contributed by atoms with Gasteiger partial charge in [-0.3, -0.25) is 9.59 Å². The molecule has 1 aromatic carbocycles. The molecule has 1 saturated carbocycles. The fourth-order valence-electron chi connectivity index (χ4n) is 1.55. The minimum atomic E-state index is -0.0717. The molecule has 1 aliphatic rings. The molecule has 0 saturated heterocycles. The van der Waals surface area contributed by atoms with E-state index >= 15 is 0 Å². The third-order valence-corrected chi connectivity index (χ3v) is 2.68. The van der Waals surface area contributed by atoms with Crippen molar-refractivity contribution in [3.05, 3.63) is 29.8 Å². The first-order valence-electron chi connectivity index (χ1n) is 5.79. The zero-order chi connectivity index (χ0) is 12.3. The van der Waals surface area contributed by atoms with E-state index in [4.69, 9.17) is 0 Å². The molecule has 2 rings (SSSR count). The third-order valence-electron chi connectivity index (χ3n) is 2.68. The van der Waals surface area contributed by atoms with Gasteiger partial charge in [0.15, 0.2) is 5.78 Å². The summed E-state index contributed by atoms with van der Waals surface area (Å²) in [6.45, 7) is 1.84. The Morgan fingerprint density at radius 1 is 1.35 bits per heavy atom. The first-order valence-corrected chi connectivity index (χ1v) is 5.79. The second-order valence-corrected chi connectivity index (χ2v) is 4.34.